The van der Waals surface area contributed by atoms with Crippen LogP contribution in [0.25, 0.3) is 0 Å². The average molecular weight is 265 g/mol. The first-order valence-corrected chi connectivity index (χ1v) is 6.55. The third kappa shape index (κ3) is 3.05. The molecule has 2 aromatic rings. The van der Waals surface area contributed by atoms with Crippen molar-refractivity contribution in [1.29, 1.82) is 0 Å². The van der Waals surface area contributed by atoms with E-state index in [4.69, 9.17) is 16.0 Å². The van der Waals surface area contributed by atoms with Crippen LogP contribution in [0.4, 0.5) is 6.01 Å². The molecule has 1 aromatic heterocycles. The van der Waals surface area contributed by atoms with Crippen LogP contribution in [0.2, 0.25) is 0 Å². The van der Waals surface area contributed by atoms with Gasteiger partial charge in [-0.15, -0.1) is 11.6 Å². The molecule has 0 aliphatic heterocycles. The third-order valence-electron chi connectivity index (χ3n) is 2.74. The third-order valence-corrected chi connectivity index (χ3v) is 3.02. The van der Waals surface area contributed by atoms with Crippen molar-refractivity contribution in [2.24, 2.45) is 0 Å². The van der Waals surface area contributed by atoms with Crippen LogP contribution in [-0.2, 0) is 12.4 Å². The lowest BCUT2D eigenvalue weighted by atomic mass is 10.2. The number of aromatic nitrogens is 1. The molecule has 0 saturated heterocycles. The zero-order valence-corrected chi connectivity index (χ0v) is 11.4. The molecule has 1 heterocycles. The molecule has 96 valence electrons. The Morgan fingerprint density at radius 1 is 1.28 bits per heavy atom. The molecule has 0 fully saturated rings. The molecule has 0 atom stereocenters. The lowest BCUT2D eigenvalue weighted by Crippen LogP contribution is -2.30. The monoisotopic (exact) mass is 264 g/mol. The Hall–Kier alpha value is -1.48. The molecule has 0 bridgehead atoms. The van der Waals surface area contributed by atoms with Crippen LogP contribution < -0.4 is 4.90 Å². The summed E-state index contributed by atoms with van der Waals surface area (Å²) in [5.41, 5.74) is 2.00. The van der Waals surface area contributed by atoms with Gasteiger partial charge in [-0.05, 0) is 19.4 Å². The SMILES string of the molecule is CC(C)N(Cc1ccccc1)c1nc(CCl)co1. The van der Waals surface area contributed by atoms with Gasteiger partial charge in [-0.1, -0.05) is 30.3 Å². The van der Waals surface area contributed by atoms with Gasteiger partial charge in [0.15, 0.2) is 0 Å². The highest BCUT2D eigenvalue weighted by molar-refractivity contribution is 6.16. The Morgan fingerprint density at radius 3 is 2.56 bits per heavy atom. The maximum absolute atomic E-state index is 5.74. The van der Waals surface area contributed by atoms with Crippen LogP contribution in [0.1, 0.15) is 25.1 Å². The van der Waals surface area contributed by atoms with Gasteiger partial charge in [0.2, 0.25) is 0 Å². The van der Waals surface area contributed by atoms with Crippen molar-refractivity contribution in [2.75, 3.05) is 4.90 Å². The highest BCUT2D eigenvalue weighted by atomic mass is 35.5. The van der Waals surface area contributed by atoms with Gasteiger partial charge in [0, 0.05) is 12.6 Å². The van der Waals surface area contributed by atoms with Gasteiger partial charge in [0.1, 0.15) is 6.26 Å². The summed E-state index contributed by atoms with van der Waals surface area (Å²) in [4.78, 5) is 6.49. The fourth-order valence-electron chi connectivity index (χ4n) is 1.74. The maximum atomic E-state index is 5.74. The zero-order chi connectivity index (χ0) is 13.0. The van der Waals surface area contributed by atoms with Crippen molar-refractivity contribution in [3.8, 4) is 0 Å². The molecule has 0 spiro atoms. The first kappa shape index (κ1) is 13.0. The van der Waals surface area contributed by atoms with Crippen LogP contribution >= 0.6 is 11.6 Å². The highest BCUT2D eigenvalue weighted by Crippen LogP contribution is 2.20. The van der Waals surface area contributed by atoms with Crippen LogP contribution in [0, 0.1) is 0 Å². The van der Waals surface area contributed by atoms with E-state index in [2.05, 4.69) is 35.9 Å². The molecule has 2 rings (SSSR count). The summed E-state index contributed by atoms with van der Waals surface area (Å²) >= 11 is 5.74. The molecule has 1 aromatic carbocycles. The Kier molecular flexibility index (Phi) is 4.26. The highest BCUT2D eigenvalue weighted by Gasteiger charge is 2.16. The van der Waals surface area contributed by atoms with Crippen molar-refractivity contribution in [1.82, 2.24) is 4.98 Å². The standard InChI is InChI=1S/C14H17ClN2O/c1-11(2)17(9-12-6-4-3-5-7-12)14-16-13(8-15)10-18-14/h3-7,10-11H,8-9H2,1-2H3. The molecule has 0 amide bonds. The Balaban J connectivity index is 2.18. The predicted molar refractivity (Wildman–Crippen MR) is 73.8 cm³/mol. The normalized spacial score (nSPS) is 10.9. The van der Waals surface area contributed by atoms with Gasteiger partial charge in [0.25, 0.3) is 6.01 Å². The van der Waals surface area contributed by atoms with Crippen LogP contribution in [0.3, 0.4) is 0 Å². The molecule has 18 heavy (non-hydrogen) atoms. The molecule has 0 saturated carbocycles. The van der Waals surface area contributed by atoms with E-state index in [0.29, 0.717) is 17.9 Å². The minimum Gasteiger partial charge on any atom is -0.432 e. The number of nitrogens with zero attached hydrogens (tertiary/aromatic N) is 2. The van der Waals surface area contributed by atoms with Crippen molar-refractivity contribution < 1.29 is 4.42 Å². The first-order chi connectivity index (χ1) is 8.70. The first-order valence-electron chi connectivity index (χ1n) is 6.01. The molecule has 0 aliphatic carbocycles. The molecule has 0 N–H and O–H groups in total. The van der Waals surface area contributed by atoms with Crippen molar-refractivity contribution in [3.63, 3.8) is 0 Å². The minimum absolute atomic E-state index is 0.312. The van der Waals surface area contributed by atoms with E-state index < -0.39 is 0 Å². The smallest absolute Gasteiger partial charge is 0.297 e. The Bertz CT molecular complexity index is 482. The van der Waals surface area contributed by atoms with Gasteiger partial charge >= 0.3 is 0 Å². The summed E-state index contributed by atoms with van der Waals surface area (Å²) in [5.74, 6) is 0.376. The molecule has 0 unspecified atom stereocenters. The lowest BCUT2D eigenvalue weighted by Gasteiger charge is -2.24. The summed E-state index contributed by atoms with van der Waals surface area (Å²) in [7, 11) is 0. The van der Waals surface area contributed by atoms with E-state index in [-0.39, 0.29) is 0 Å². The molecule has 0 aliphatic rings. The predicted octanol–water partition coefficient (Wildman–Crippen LogP) is 3.83. The van der Waals surface area contributed by atoms with Gasteiger partial charge < -0.3 is 9.32 Å². The minimum atomic E-state index is 0.312. The zero-order valence-electron chi connectivity index (χ0n) is 10.6. The quantitative estimate of drug-likeness (QED) is 0.769. The number of hydrogen-bond acceptors (Lipinski definition) is 3. The summed E-state index contributed by atoms with van der Waals surface area (Å²) in [5, 5.41) is 0. The van der Waals surface area contributed by atoms with E-state index in [1.807, 2.05) is 18.2 Å². The molecule has 4 heteroatoms. The van der Waals surface area contributed by atoms with E-state index in [1.54, 1.807) is 6.26 Å². The van der Waals surface area contributed by atoms with Crippen LogP contribution in [-0.4, -0.2) is 11.0 Å². The Labute approximate surface area is 112 Å². The Morgan fingerprint density at radius 2 is 2.00 bits per heavy atom. The number of benzene rings is 1. The second kappa shape index (κ2) is 5.91. The number of halogens is 1. The second-order valence-electron chi connectivity index (χ2n) is 4.46. The van der Waals surface area contributed by atoms with E-state index in [1.165, 1.54) is 5.56 Å². The fraction of sp³-hybridized carbons (Fsp3) is 0.357. The van der Waals surface area contributed by atoms with E-state index >= 15 is 0 Å². The van der Waals surface area contributed by atoms with E-state index in [0.717, 1.165) is 12.2 Å². The van der Waals surface area contributed by atoms with Crippen LogP contribution in [0.15, 0.2) is 41.0 Å². The summed E-state index contributed by atoms with van der Waals surface area (Å²) in [6.07, 6.45) is 1.61. The number of alkyl halides is 1. The van der Waals surface area contributed by atoms with Gasteiger partial charge in [-0.3, -0.25) is 0 Å². The number of oxazole rings is 1. The van der Waals surface area contributed by atoms with Crippen molar-refractivity contribution in [2.45, 2.75) is 32.3 Å². The summed E-state index contributed by atoms with van der Waals surface area (Å²) < 4.78 is 5.48. The summed E-state index contributed by atoms with van der Waals surface area (Å²) in [6, 6.07) is 11.2. The lowest BCUT2D eigenvalue weighted by molar-refractivity contribution is 0.509. The molecular formula is C14H17ClN2O. The maximum Gasteiger partial charge on any atom is 0.297 e. The number of anilines is 1. The molecule has 0 radical (unpaired) electrons. The van der Waals surface area contributed by atoms with E-state index in [9.17, 15) is 0 Å². The summed E-state index contributed by atoms with van der Waals surface area (Å²) in [6.45, 7) is 5.02. The largest absolute Gasteiger partial charge is 0.432 e. The average Bonchev–Trinajstić information content (AvgIpc) is 2.85. The topological polar surface area (TPSA) is 29.3 Å². The molecular weight excluding hydrogens is 248 g/mol. The second-order valence-corrected chi connectivity index (χ2v) is 4.73. The number of rotatable bonds is 5. The van der Waals surface area contributed by atoms with Crippen LogP contribution in [0.5, 0.6) is 0 Å². The van der Waals surface area contributed by atoms with Crippen molar-refractivity contribution >= 4 is 17.6 Å². The van der Waals surface area contributed by atoms with Gasteiger partial charge in [-0.25, -0.2) is 0 Å². The fourth-order valence-corrected chi connectivity index (χ4v) is 1.86. The molecule has 3 nitrogen and oxygen atoms in total. The van der Waals surface area contributed by atoms with Gasteiger partial charge in [-0.2, -0.15) is 4.98 Å². The van der Waals surface area contributed by atoms with Gasteiger partial charge in [0.05, 0.1) is 11.6 Å². The number of hydrogen-bond donors (Lipinski definition) is 0. The van der Waals surface area contributed by atoms with Crippen molar-refractivity contribution in [3.05, 3.63) is 47.9 Å².